The topological polar surface area (TPSA) is 75.4 Å². The lowest BCUT2D eigenvalue weighted by molar-refractivity contribution is 0.364. The van der Waals surface area contributed by atoms with Crippen molar-refractivity contribution in [2.24, 2.45) is 5.73 Å². The SMILES string of the molecule is CN(C)NS(=O)(=O)c1ccc(F)c(CN)c1. The Hall–Kier alpha value is -1.02. The van der Waals surface area contributed by atoms with Crippen LogP contribution >= 0.6 is 0 Å². The number of nitrogens with zero attached hydrogens (tertiary/aromatic N) is 1. The minimum absolute atomic E-state index is 0.0111. The zero-order valence-corrected chi connectivity index (χ0v) is 9.88. The lowest BCUT2D eigenvalue weighted by Gasteiger charge is -2.13. The first kappa shape index (κ1) is 13.0. The molecular weight excluding hydrogens is 233 g/mol. The molecule has 0 saturated heterocycles. The second-order valence-corrected chi connectivity index (χ2v) is 5.11. The number of halogens is 1. The average Bonchev–Trinajstić information content (AvgIpc) is 2.16. The van der Waals surface area contributed by atoms with E-state index < -0.39 is 15.8 Å². The maximum absolute atomic E-state index is 13.1. The highest BCUT2D eigenvalue weighted by molar-refractivity contribution is 7.89. The molecule has 1 aromatic rings. The molecular formula is C9H14FN3O2S. The summed E-state index contributed by atoms with van der Waals surface area (Å²) < 4.78 is 36.5. The number of hydrazine groups is 1. The summed E-state index contributed by atoms with van der Waals surface area (Å²) in [5, 5.41) is 1.29. The molecule has 3 N–H and O–H groups in total. The predicted octanol–water partition coefficient (Wildman–Crippen LogP) is 0.0393. The van der Waals surface area contributed by atoms with E-state index in [2.05, 4.69) is 4.83 Å². The molecule has 90 valence electrons. The first-order valence-electron chi connectivity index (χ1n) is 4.55. The molecule has 0 fully saturated rings. The summed E-state index contributed by atoms with van der Waals surface area (Å²) in [4.78, 5) is 2.24. The fourth-order valence-electron chi connectivity index (χ4n) is 1.17. The summed E-state index contributed by atoms with van der Waals surface area (Å²) in [5.41, 5.74) is 5.47. The molecule has 0 aliphatic rings. The van der Waals surface area contributed by atoms with Crippen LogP contribution < -0.4 is 10.6 Å². The van der Waals surface area contributed by atoms with Gasteiger partial charge < -0.3 is 5.73 Å². The molecule has 0 radical (unpaired) electrons. The lowest BCUT2D eigenvalue weighted by Crippen LogP contribution is -2.36. The number of nitrogens with one attached hydrogen (secondary N) is 1. The zero-order chi connectivity index (χ0) is 12.3. The van der Waals surface area contributed by atoms with E-state index in [1.54, 1.807) is 14.1 Å². The van der Waals surface area contributed by atoms with Crippen molar-refractivity contribution >= 4 is 10.0 Å². The monoisotopic (exact) mass is 247 g/mol. The van der Waals surface area contributed by atoms with Crippen molar-refractivity contribution in [3.05, 3.63) is 29.6 Å². The van der Waals surface area contributed by atoms with Gasteiger partial charge in [-0.25, -0.2) is 17.8 Å². The van der Waals surface area contributed by atoms with Gasteiger partial charge in [-0.2, -0.15) is 0 Å². The highest BCUT2D eigenvalue weighted by Gasteiger charge is 2.16. The number of benzene rings is 1. The fourth-order valence-corrected chi connectivity index (χ4v) is 2.30. The van der Waals surface area contributed by atoms with Crippen molar-refractivity contribution < 1.29 is 12.8 Å². The Labute approximate surface area is 94.1 Å². The highest BCUT2D eigenvalue weighted by Crippen LogP contribution is 2.14. The van der Waals surface area contributed by atoms with Gasteiger partial charge >= 0.3 is 0 Å². The second-order valence-electron chi connectivity index (χ2n) is 3.45. The van der Waals surface area contributed by atoms with Crippen LogP contribution in [-0.2, 0) is 16.6 Å². The van der Waals surface area contributed by atoms with Gasteiger partial charge in [-0.1, -0.05) is 0 Å². The van der Waals surface area contributed by atoms with Gasteiger partial charge in [-0.05, 0) is 18.2 Å². The molecule has 0 bridgehead atoms. The van der Waals surface area contributed by atoms with Crippen LogP contribution in [0.1, 0.15) is 5.56 Å². The molecule has 5 nitrogen and oxygen atoms in total. The van der Waals surface area contributed by atoms with Crippen LogP contribution in [-0.4, -0.2) is 27.5 Å². The van der Waals surface area contributed by atoms with E-state index in [1.165, 1.54) is 17.1 Å². The smallest absolute Gasteiger partial charge is 0.253 e. The quantitative estimate of drug-likeness (QED) is 0.737. The van der Waals surface area contributed by atoms with E-state index in [4.69, 9.17) is 5.73 Å². The van der Waals surface area contributed by atoms with E-state index >= 15 is 0 Å². The van der Waals surface area contributed by atoms with Crippen molar-refractivity contribution in [2.75, 3.05) is 14.1 Å². The third-order valence-electron chi connectivity index (χ3n) is 1.85. The minimum Gasteiger partial charge on any atom is -0.326 e. The molecule has 0 heterocycles. The van der Waals surface area contributed by atoms with Gasteiger partial charge in [0.05, 0.1) is 4.90 Å². The Morgan fingerprint density at radius 3 is 2.56 bits per heavy atom. The van der Waals surface area contributed by atoms with E-state index in [0.717, 1.165) is 6.07 Å². The van der Waals surface area contributed by atoms with Crippen LogP contribution in [0, 0.1) is 5.82 Å². The first-order valence-corrected chi connectivity index (χ1v) is 6.03. The normalized spacial score (nSPS) is 12.1. The number of sulfonamides is 1. The molecule has 0 unspecified atom stereocenters. The van der Waals surface area contributed by atoms with E-state index in [0.29, 0.717) is 0 Å². The van der Waals surface area contributed by atoms with Crippen molar-refractivity contribution in [1.82, 2.24) is 9.84 Å². The number of hydrogen-bond acceptors (Lipinski definition) is 4. The van der Waals surface area contributed by atoms with Crippen molar-refractivity contribution in [3.63, 3.8) is 0 Å². The Balaban J connectivity index is 3.14. The van der Waals surface area contributed by atoms with Gasteiger partial charge in [-0.3, -0.25) is 0 Å². The number of nitrogens with two attached hydrogens (primary N) is 1. The number of hydrogen-bond donors (Lipinski definition) is 2. The van der Waals surface area contributed by atoms with Crippen LogP contribution in [0.5, 0.6) is 0 Å². The molecule has 0 aliphatic carbocycles. The molecule has 1 rings (SSSR count). The summed E-state index contributed by atoms with van der Waals surface area (Å²) in [6.07, 6.45) is 0. The average molecular weight is 247 g/mol. The minimum atomic E-state index is -3.66. The Morgan fingerprint density at radius 1 is 1.44 bits per heavy atom. The standard InChI is InChI=1S/C9H14FN3O2S/c1-13(2)12-16(14,15)8-3-4-9(10)7(5-8)6-11/h3-5,12H,6,11H2,1-2H3. The molecule has 0 amide bonds. The summed E-state index contributed by atoms with van der Waals surface area (Å²) in [7, 11) is -0.562. The molecule has 0 spiro atoms. The largest absolute Gasteiger partial charge is 0.326 e. The van der Waals surface area contributed by atoms with Crippen LogP contribution in [0.4, 0.5) is 4.39 Å². The summed E-state index contributed by atoms with van der Waals surface area (Å²) in [6.45, 7) is -0.0445. The van der Waals surface area contributed by atoms with Gasteiger partial charge in [-0.15, -0.1) is 4.83 Å². The van der Waals surface area contributed by atoms with E-state index in [-0.39, 0.29) is 17.0 Å². The third-order valence-corrected chi connectivity index (χ3v) is 3.33. The maximum Gasteiger partial charge on any atom is 0.253 e. The molecule has 7 heteroatoms. The second kappa shape index (κ2) is 4.88. The van der Waals surface area contributed by atoms with Crippen molar-refractivity contribution in [3.8, 4) is 0 Å². The van der Waals surface area contributed by atoms with Crippen molar-refractivity contribution in [2.45, 2.75) is 11.4 Å². The van der Waals surface area contributed by atoms with Gasteiger partial charge in [0.1, 0.15) is 5.82 Å². The Bertz CT molecular complexity index is 474. The molecule has 1 aromatic carbocycles. The summed E-state index contributed by atoms with van der Waals surface area (Å²) in [5.74, 6) is -0.508. The van der Waals surface area contributed by atoms with E-state index in [1.807, 2.05) is 0 Å². The number of rotatable bonds is 4. The fraction of sp³-hybridized carbons (Fsp3) is 0.333. The van der Waals surface area contributed by atoms with Crippen LogP contribution in [0.3, 0.4) is 0 Å². The third kappa shape index (κ3) is 2.99. The van der Waals surface area contributed by atoms with Crippen molar-refractivity contribution in [1.29, 1.82) is 0 Å². The molecule has 0 aromatic heterocycles. The summed E-state index contributed by atoms with van der Waals surface area (Å²) in [6, 6.07) is 3.51. The van der Waals surface area contributed by atoms with Gasteiger partial charge in [0, 0.05) is 26.2 Å². The first-order chi connectivity index (χ1) is 7.36. The Kier molecular flexibility index (Phi) is 3.98. The van der Waals surface area contributed by atoms with Gasteiger partial charge in [0.2, 0.25) is 0 Å². The van der Waals surface area contributed by atoms with Gasteiger partial charge in [0.25, 0.3) is 10.0 Å². The molecule has 16 heavy (non-hydrogen) atoms. The van der Waals surface area contributed by atoms with Crippen LogP contribution in [0.2, 0.25) is 0 Å². The molecule has 0 aliphatic heterocycles. The maximum atomic E-state index is 13.1. The molecule has 0 atom stereocenters. The zero-order valence-electron chi connectivity index (χ0n) is 9.07. The van der Waals surface area contributed by atoms with E-state index in [9.17, 15) is 12.8 Å². The lowest BCUT2D eigenvalue weighted by atomic mass is 10.2. The van der Waals surface area contributed by atoms with Crippen LogP contribution in [0.15, 0.2) is 23.1 Å². The summed E-state index contributed by atoms with van der Waals surface area (Å²) >= 11 is 0. The Morgan fingerprint density at radius 2 is 2.06 bits per heavy atom. The molecule has 0 saturated carbocycles. The van der Waals surface area contributed by atoms with Gasteiger partial charge in [0.15, 0.2) is 0 Å². The van der Waals surface area contributed by atoms with Crippen LogP contribution in [0.25, 0.3) is 0 Å². The highest BCUT2D eigenvalue weighted by atomic mass is 32.2. The predicted molar refractivity (Wildman–Crippen MR) is 58.3 cm³/mol.